The van der Waals surface area contributed by atoms with Crippen LogP contribution in [-0.4, -0.2) is 43.0 Å². The molecule has 154 valence electrons. The van der Waals surface area contributed by atoms with Crippen LogP contribution in [0.5, 0.6) is 0 Å². The molecule has 2 aliphatic carbocycles. The number of ether oxygens (including phenoxy) is 3. The van der Waals surface area contributed by atoms with E-state index >= 15 is 0 Å². The molecule has 1 spiro atoms. The largest absolute Gasteiger partial charge is 0.461 e. The second-order valence-corrected chi connectivity index (χ2v) is 9.13. The molecule has 28 heavy (non-hydrogen) atoms. The monoisotopic (exact) mass is 408 g/mol. The molecule has 3 fully saturated rings. The van der Waals surface area contributed by atoms with Crippen LogP contribution in [0.25, 0.3) is 0 Å². The molecule has 6 nitrogen and oxygen atoms in total. The van der Waals surface area contributed by atoms with Crippen molar-refractivity contribution in [2.75, 3.05) is 12.9 Å². The van der Waals surface area contributed by atoms with Crippen molar-refractivity contribution in [2.24, 2.45) is 22.7 Å². The third kappa shape index (κ3) is 3.17. The Morgan fingerprint density at radius 3 is 2.61 bits per heavy atom. The third-order valence-electron chi connectivity index (χ3n) is 6.92. The van der Waals surface area contributed by atoms with Gasteiger partial charge in [0.1, 0.15) is 24.2 Å². The zero-order valence-corrected chi connectivity index (χ0v) is 17.7. The van der Waals surface area contributed by atoms with Gasteiger partial charge in [0.05, 0.1) is 0 Å². The fraction of sp³-hybridized carbons (Fsp3) is 0.667. The minimum Gasteiger partial charge on any atom is -0.461 e. The van der Waals surface area contributed by atoms with E-state index in [4.69, 9.17) is 14.2 Å². The normalized spacial score (nSPS) is 39.9. The van der Waals surface area contributed by atoms with Gasteiger partial charge in [-0.05, 0) is 47.8 Å². The first kappa shape index (κ1) is 21.0. The van der Waals surface area contributed by atoms with Crippen LogP contribution in [0.4, 0.5) is 0 Å². The Bertz CT molecular complexity index is 712. The van der Waals surface area contributed by atoms with Gasteiger partial charge in [-0.2, -0.15) is 0 Å². The van der Waals surface area contributed by atoms with Crippen molar-refractivity contribution >= 4 is 29.7 Å². The second-order valence-electron chi connectivity index (χ2n) is 8.38. The maximum Gasteiger partial charge on any atom is 0.331 e. The van der Waals surface area contributed by atoms with Crippen molar-refractivity contribution in [1.82, 2.24) is 0 Å². The summed E-state index contributed by atoms with van der Waals surface area (Å²) in [4.78, 5) is 37.1. The molecule has 3 aliphatic rings. The minimum absolute atomic E-state index is 0.134. The molecule has 1 saturated heterocycles. The van der Waals surface area contributed by atoms with E-state index in [1.807, 2.05) is 6.26 Å². The maximum atomic E-state index is 12.9. The van der Waals surface area contributed by atoms with Crippen molar-refractivity contribution in [3.63, 3.8) is 0 Å². The molecule has 0 radical (unpaired) electrons. The lowest BCUT2D eigenvalue weighted by atomic mass is 9.61. The fourth-order valence-electron chi connectivity index (χ4n) is 5.38. The molecule has 3 rings (SSSR count). The van der Waals surface area contributed by atoms with Gasteiger partial charge in [-0.25, -0.2) is 4.79 Å². The molecule has 0 aromatic heterocycles. The first-order valence-electron chi connectivity index (χ1n) is 9.59. The molecule has 7 heteroatoms. The molecule has 1 heterocycles. The van der Waals surface area contributed by atoms with Crippen LogP contribution in [0, 0.1) is 22.7 Å². The van der Waals surface area contributed by atoms with E-state index in [-0.39, 0.29) is 29.8 Å². The SMILES string of the molecule is C=C1COC(=O)C12C[C@@]1(C)C([C@@H](OC(=O)/C=C/SC)CC[C@@H]1C)[C@H]2OC(C)=O. The number of carbonyl (C=O) groups excluding carboxylic acids is 3. The van der Waals surface area contributed by atoms with Gasteiger partial charge in [-0.3, -0.25) is 9.59 Å². The zero-order chi connectivity index (χ0) is 20.7. The van der Waals surface area contributed by atoms with Crippen LogP contribution in [-0.2, 0) is 28.6 Å². The van der Waals surface area contributed by atoms with Gasteiger partial charge in [0.15, 0.2) is 0 Å². The Labute approximate surface area is 170 Å². The highest BCUT2D eigenvalue weighted by Crippen LogP contribution is 2.66. The van der Waals surface area contributed by atoms with Crippen LogP contribution in [0.1, 0.15) is 40.0 Å². The maximum absolute atomic E-state index is 12.9. The highest BCUT2D eigenvalue weighted by atomic mass is 32.2. The average Bonchev–Trinajstić information content (AvgIpc) is 3.06. The van der Waals surface area contributed by atoms with Crippen molar-refractivity contribution in [3.8, 4) is 0 Å². The number of rotatable bonds is 4. The molecule has 0 bridgehead atoms. The van der Waals surface area contributed by atoms with E-state index < -0.39 is 29.6 Å². The summed E-state index contributed by atoms with van der Waals surface area (Å²) >= 11 is 1.41. The van der Waals surface area contributed by atoms with Crippen molar-refractivity contribution < 1.29 is 28.6 Å². The summed E-state index contributed by atoms with van der Waals surface area (Å²) in [5.41, 5.74) is -0.776. The summed E-state index contributed by atoms with van der Waals surface area (Å²) in [5, 5.41) is 1.67. The number of thioether (sulfide) groups is 1. The third-order valence-corrected chi connectivity index (χ3v) is 7.33. The Morgan fingerprint density at radius 1 is 1.32 bits per heavy atom. The van der Waals surface area contributed by atoms with Gasteiger partial charge in [0.25, 0.3) is 0 Å². The predicted molar refractivity (Wildman–Crippen MR) is 105 cm³/mol. The Balaban J connectivity index is 2.03. The quantitative estimate of drug-likeness (QED) is 0.306. The Kier molecular flexibility index (Phi) is 5.67. The van der Waals surface area contributed by atoms with E-state index in [9.17, 15) is 14.4 Å². The van der Waals surface area contributed by atoms with Gasteiger partial charge >= 0.3 is 17.9 Å². The average molecular weight is 409 g/mol. The Morgan fingerprint density at radius 2 is 2.04 bits per heavy atom. The van der Waals surface area contributed by atoms with Crippen LogP contribution < -0.4 is 0 Å². The zero-order valence-electron chi connectivity index (χ0n) is 16.9. The summed E-state index contributed by atoms with van der Waals surface area (Å²) < 4.78 is 16.9. The summed E-state index contributed by atoms with van der Waals surface area (Å²) in [6, 6.07) is 0. The topological polar surface area (TPSA) is 78.9 Å². The molecule has 0 aromatic carbocycles. The van der Waals surface area contributed by atoms with E-state index in [1.54, 1.807) is 5.41 Å². The first-order chi connectivity index (χ1) is 13.2. The molecule has 6 atom stereocenters. The van der Waals surface area contributed by atoms with Crippen LogP contribution >= 0.6 is 11.8 Å². The molecule has 0 amide bonds. The Hall–Kier alpha value is -1.76. The summed E-state index contributed by atoms with van der Waals surface area (Å²) in [7, 11) is 0. The van der Waals surface area contributed by atoms with Gasteiger partial charge in [-0.1, -0.05) is 20.4 Å². The number of hydrogen-bond acceptors (Lipinski definition) is 7. The number of esters is 3. The predicted octanol–water partition coefficient (Wildman–Crippen LogP) is 3.26. The lowest BCUT2D eigenvalue weighted by Gasteiger charge is -2.46. The minimum atomic E-state index is -1.07. The number of cyclic esters (lactones) is 1. The van der Waals surface area contributed by atoms with Gasteiger partial charge in [-0.15, -0.1) is 11.8 Å². The summed E-state index contributed by atoms with van der Waals surface area (Å²) in [6.45, 7) is 9.79. The molecule has 2 saturated carbocycles. The van der Waals surface area contributed by atoms with Crippen LogP contribution in [0.2, 0.25) is 0 Å². The molecular formula is C21H28O6S. The summed E-state index contributed by atoms with van der Waals surface area (Å²) in [5.74, 6) is -1.31. The van der Waals surface area contributed by atoms with Gasteiger partial charge < -0.3 is 14.2 Å². The second kappa shape index (κ2) is 7.58. The van der Waals surface area contributed by atoms with E-state index in [2.05, 4.69) is 20.4 Å². The van der Waals surface area contributed by atoms with Crippen LogP contribution in [0.15, 0.2) is 23.6 Å². The van der Waals surface area contributed by atoms with Gasteiger partial charge in [0.2, 0.25) is 0 Å². The van der Waals surface area contributed by atoms with E-state index in [0.29, 0.717) is 18.4 Å². The smallest absolute Gasteiger partial charge is 0.331 e. The van der Waals surface area contributed by atoms with Crippen molar-refractivity contribution in [3.05, 3.63) is 23.6 Å². The lowest BCUT2D eigenvalue weighted by Crippen LogP contribution is -2.50. The molecular weight excluding hydrogens is 380 g/mol. The van der Waals surface area contributed by atoms with Crippen molar-refractivity contribution in [2.45, 2.75) is 52.2 Å². The first-order valence-corrected chi connectivity index (χ1v) is 10.9. The summed E-state index contributed by atoms with van der Waals surface area (Å²) in [6.07, 6.45) is 4.08. The van der Waals surface area contributed by atoms with Gasteiger partial charge in [0, 0.05) is 18.9 Å². The number of hydrogen-bond donors (Lipinski definition) is 0. The number of carbonyl (C=O) groups is 3. The highest BCUT2D eigenvalue weighted by molar-refractivity contribution is 8.01. The van der Waals surface area contributed by atoms with Crippen molar-refractivity contribution in [1.29, 1.82) is 0 Å². The molecule has 1 aliphatic heterocycles. The lowest BCUT2D eigenvalue weighted by molar-refractivity contribution is -0.172. The highest BCUT2D eigenvalue weighted by Gasteiger charge is 2.71. The molecule has 2 unspecified atom stereocenters. The fourth-order valence-corrected chi connectivity index (χ4v) is 5.63. The number of fused-ring (bicyclic) bond motifs is 1. The molecule has 0 aromatic rings. The standard InChI is InChI=1S/C21H28O6S/c1-12-6-7-15(27-16(23)8-9-28-5)17-18(26-14(3)22)21(11-20(12,17)4)13(2)10-25-19(21)24/h8-9,12,15,17-18H,2,6-7,10-11H2,1,3-5H3/b9-8+/t12-,15-,17?,18+,20+,21?/m0/s1. The van der Waals surface area contributed by atoms with E-state index in [0.717, 1.165) is 6.42 Å². The molecule has 0 N–H and O–H groups in total. The van der Waals surface area contributed by atoms with E-state index in [1.165, 1.54) is 24.8 Å². The van der Waals surface area contributed by atoms with Crippen LogP contribution in [0.3, 0.4) is 0 Å².